The van der Waals surface area contributed by atoms with E-state index in [9.17, 15) is 14.4 Å². The second-order valence-corrected chi connectivity index (χ2v) is 5.74. The van der Waals surface area contributed by atoms with Gasteiger partial charge in [0.05, 0.1) is 12.0 Å². The van der Waals surface area contributed by atoms with Crippen molar-refractivity contribution < 1.29 is 19.1 Å². The highest BCUT2D eigenvalue weighted by atomic mass is 16.5. The second-order valence-electron chi connectivity index (χ2n) is 5.74. The molecule has 0 unspecified atom stereocenters. The fraction of sp³-hybridized carbons (Fsp3) is 0.667. The van der Waals surface area contributed by atoms with E-state index in [0.717, 1.165) is 0 Å². The van der Waals surface area contributed by atoms with Crippen LogP contribution in [0.3, 0.4) is 0 Å². The summed E-state index contributed by atoms with van der Waals surface area (Å²) in [7, 11) is 0. The molecule has 2 amide bonds. The summed E-state index contributed by atoms with van der Waals surface area (Å²) in [4.78, 5) is 36.6. The highest BCUT2D eigenvalue weighted by Crippen LogP contribution is 2.22. The van der Waals surface area contributed by atoms with Gasteiger partial charge in [0.1, 0.15) is 0 Å². The van der Waals surface area contributed by atoms with Crippen LogP contribution in [0.4, 0.5) is 0 Å². The maximum absolute atomic E-state index is 11.8. The molecule has 0 spiro atoms. The van der Waals surface area contributed by atoms with Crippen LogP contribution in [0.2, 0.25) is 0 Å². The van der Waals surface area contributed by atoms with Gasteiger partial charge in [-0.15, -0.1) is 0 Å². The van der Waals surface area contributed by atoms with Gasteiger partial charge in [-0.2, -0.15) is 0 Å². The molecule has 0 saturated carbocycles. The van der Waals surface area contributed by atoms with Gasteiger partial charge in [-0.25, -0.2) is 0 Å². The zero-order chi connectivity index (χ0) is 15.5. The third-order valence-corrected chi connectivity index (χ3v) is 3.89. The van der Waals surface area contributed by atoms with Gasteiger partial charge in [0.25, 0.3) is 11.8 Å². The number of rotatable bonds is 6. The minimum absolute atomic E-state index is 0.220. The predicted molar refractivity (Wildman–Crippen MR) is 74.7 cm³/mol. The lowest BCUT2D eigenvalue weighted by Crippen LogP contribution is -2.33. The Morgan fingerprint density at radius 3 is 2.10 bits per heavy atom. The number of imide groups is 1. The lowest BCUT2D eigenvalue weighted by Gasteiger charge is -2.21. The zero-order valence-electron chi connectivity index (χ0n) is 12.9. The van der Waals surface area contributed by atoms with Crippen molar-refractivity contribution in [2.75, 3.05) is 13.2 Å². The Balaban J connectivity index is 2.39. The summed E-state index contributed by atoms with van der Waals surface area (Å²) in [5, 5.41) is 0. The number of carbonyl (C=O) groups excluding carboxylic acids is 3. The highest BCUT2D eigenvalue weighted by molar-refractivity contribution is 6.18. The average Bonchev–Trinajstić information content (AvgIpc) is 2.60. The molecule has 0 N–H and O–H groups in total. The summed E-state index contributed by atoms with van der Waals surface area (Å²) < 4.78 is 5.18. The van der Waals surface area contributed by atoms with Gasteiger partial charge in [0.2, 0.25) is 0 Å². The van der Waals surface area contributed by atoms with E-state index in [1.54, 1.807) is 13.8 Å². The Labute approximate surface area is 120 Å². The first-order chi connectivity index (χ1) is 9.22. The van der Waals surface area contributed by atoms with Gasteiger partial charge in [-0.05, 0) is 40.5 Å². The smallest absolute Gasteiger partial charge is 0.311 e. The minimum atomic E-state index is -0.492. The molecule has 20 heavy (non-hydrogen) atoms. The second kappa shape index (κ2) is 6.20. The van der Waals surface area contributed by atoms with Crippen LogP contribution < -0.4 is 0 Å². The molecule has 0 aromatic rings. The summed E-state index contributed by atoms with van der Waals surface area (Å²) in [5.41, 5.74) is 0.506. The standard InChI is InChI=1S/C15H23NO4/c1-6-15(4,5)14(19)20-9-7-8-16-12(17)10(2)11(3)13(16)18/h6-9H2,1-5H3. The number of ether oxygens (including phenoxy) is 1. The van der Waals surface area contributed by atoms with Crippen molar-refractivity contribution in [2.24, 2.45) is 5.41 Å². The van der Waals surface area contributed by atoms with Crippen LogP contribution >= 0.6 is 0 Å². The molecule has 1 rings (SSSR count). The molecule has 1 heterocycles. The number of hydrogen-bond acceptors (Lipinski definition) is 4. The van der Waals surface area contributed by atoms with E-state index >= 15 is 0 Å². The predicted octanol–water partition coefficient (Wildman–Crippen LogP) is 2.06. The molecule has 1 aliphatic rings. The van der Waals surface area contributed by atoms with Gasteiger partial charge < -0.3 is 4.74 Å². The van der Waals surface area contributed by atoms with Crippen molar-refractivity contribution in [2.45, 2.75) is 47.5 Å². The fourth-order valence-electron chi connectivity index (χ4n) is 1.75. The molecule has 5 nitrogen and oxygen atoms in total. The van der Waals surface area contributed by atoms with Crippen molar-refractivity contribution in [3.05, 3.63) is 11.1 Å². The molecule has 0 aliphatic carbocycles. The summed E-state index contributed by atoms with van der Waals surface area (Å²) in [5.74, 6) is -0.731. The van der Waals surface area contributed by atoms with Gasteiger partial charge in [0, 0.05) is 17.7 Å². The third kappa shape index (κ3) is 3.26. The Bertz CT molecular complexity index is 438. The van der Waals surface area contributed by atoms with Crippen molar-refractivity contribution in [1.29, 1.82) is 0 Å². The van der Waals surface area contributed by atoms with Crippen LogP contribution in [0.1, 0.15) is 47.5 Å². The minimum Gasteiger partial charge on any atom is -0.465 e. The molecule has 0 bridgehead atoms. The van der Waals surface area contributed by atoms with Crippen molar-refractivity contribution >= 4 is 17.8 Å². The number of carbonyl (C=O) groups is 3. The van der Waals surface area contributed by atoms with Crippen LogP contribution in [-0.4, -0.2) is 35.8 Å². The first kappa shape index (κ1) is 16.4. The SMILES string of the molecule is CCC(C)(C)C(=O)OCCCN1C(=O)C(C)=C(C)C1=O. The van der Waals surface area contributed by atoms with Crippen LogP contribution in [0, 0.1) is 5.41 Å². The van der Waals surface area contributed by atoms with Crippen LogP contribution in [0.5, 0.6) is 0 Å². The zero-order valence-corrected chi connectivity index (χ0v) is 12.9. The lowest BCUT2D eigenvalue weighted by atomic mass is 9.91. The van der Waals surface area contributed by atoms with Crippen LogP contribution in [-0.2, 0) is 19.1 Å². The number of hydrogen-bond donors (Lipinski definition) is 0. The molecular formula is C15H23NO4. The van der Waals surface area contributed by atoms with E-state index in [2.05, 4.69) is 0 Å². The lowest BCUT2D eigenvalue weighted by molar-refractivity contribution is -0.154. The Morgan fingerprint density at radius 1 is 1.15 bits per heavy atom. The molecule has 0 aromatic carbocycles. The van der Waals surface area contributed by atoms with E-state index in [1.807, 2.05) is 20.8 Å². The molecule has 0 fully saturated rings. The summed E-state index contributed by atoms with van der Waals surface area (Å²) in [6.45, 7) is 9.40. The molecule has 112 valence electrons. The molecule has 0 atom stereocenters. The maximum atomic E-state index is 11.8. The molecule has 0 radical (unpaired) electrons. The summed E-state index contributed by atoms with van der Waals surface area (Å²) in [6, 6.07) is 0. The monoisotopic (exact) mass is 281 g/mol. The summed E-state index contributed by atoms with van der Waals surface area (Å²) >= 11 is 0. The first-order valence-corrected chi connectivity index (χ1v) is 6.93. The third-order valence-electron chi connectivity index (χ3n) is 3.89. The number of esters is 1. The first-order valence-electron chi connectivity index (χ1n) is 6.93. The highest BCUT2D eigenvalue weighted by Gasteiger charge is 2.33. The topological polar surface area (TPSA) is 63.7 Å². The van der Waals surface area contributed by atoms with Gasteiger partial charge in [-0.3, -0.25) is 19.3 Å². The van der Waals surface area contributed by atoms with Crippen molar-refractivity contribution in [3.8, 4) is 0 Å². The van der Waals surface area contributed by atoms with Crippen LogP contribution in [0.15, 0.2) is 11.1 Å². The number of nitrogens with zero attached hydrogens (tertiary/aromatic N) is 1. The molecule has 0 aromatic heterocycles. The normalized spacial score (nSPS) is 16.1. The molecular weight excluding hydrogens is 258 g/mol. The van der Waals surface area contributed by atoms with Gasteiger partial charge >= 0.3 is 5.97 Å². The van der Waals surface area contributed by atoms with E-state index in [0.29, 0.717) is 24.0 Å². The van der Waals surface area contributed by atoms with Gasteiger partial charge in [-0.1, -0.05) is 6.92 Å². The quantitative estimate of drug-likeness (QED) is 0.425. The fourth-order valence-corrected chi connectivity index (χ4v) is 1.75. The molecule has 5 heteroatoms. The Kier molecular flexibility index (Phi) is 5.09. The van der Waals surface area contributed by atoms with Gasteiger partial charge in [0.15, 0.2) is 0 Å². The summed E-state index contributed by atoms with van der Waals surface area (Å²) in [6.07, 6.45) is 1.17. The largest absolute Gasteiger partial charge is 0.465 e. The van der Waals surface area contributed by atoms with E-state index < -0.39 is 5.41 Å². The van der Waals surface area contributed by atoms with Crippen molar-refractivity contribution in [1.82, 2.24) is 4.90 Å². The Hall–Kier alpha value is -1.65. The van der Waals surface area contributed by atoms with E-state index in [-0.39, 0.29) is 30.9 Å². The maximum Gasteiger partial charge on any atom is 0.311 e. The van der Waals surface area contributed by atoms with E-state index in [4.69, 9.17) is 4.74 Å². The average molecular weight is 281 g/mol. The molecule has 1 aliphatic heterocycles. The molecule has 0 saturated heterocycles. The number of amides is 2. The van der Waals surface area contributed by atoms with Crippen LogP contribution in [0.25, 0.3) is 0 Å². The Morgan fingerprint density at radius 2 is 1.65 bits per heavy atom. The van der Waals surface area contributed by atoms with Crippen molar-refractivity contribution in [3.63, 3.8) is 0 Å². The van der Waals surface area contributed by atoms with E-state index in [1.165, 1.54) is 4.90 Å².